The van der Waals surface area contributed by atoms with Crippen LogP contribution in [0.5, 0.6) is 11.5 Å². The number of pyridine rings is 2. The van der Waals surface area contributed by atoms with Gasteiger partial charge >= 0.3 is 6.09 Å². The van der Waals surface area contributed by atoms with Crippen molar-refractivity contribution in [2.45, 2.75) is 11.4 Å². The summed E-state index contributed by atoms with van der Waals surface area (Å²) in [4.78, 5) is 20.3. The minimum Gasteiger partial charge on any atom is -0.497 e. The quantitative estimate of drug-likeness (QED) is 0.183. The van der Waals surface area contributed by atoms with Crippen molar-refractivity contribution in [1.29, 1.82) is 0 Å². The van der Waals surface area contributed by atoms with Crippen molar-refractivity contribution in [2.24, 2.45) is 0 Å². The van der Waals surface area contributed by atoms with Crippen LogP contribution >= 0.6 is 22.6 Å². The molecule has 0 aliphatic carbocycles. The van der Waals surface area contributed by atoms with Crippen molar-refractivity contribution in [3.8, 4) is 11.5 Å². The van der Waals surface area contributed by atoms with Gasteiger partial charge in [-0.2, -0.15) is 0 Å². The number of hydrogen-bond acceptors (Lipinski definition) is 8. The van der Waals surface area contributed by atoms with Crippen molar-refractivity contribution < 1.29 is 27.9 Å². The molecule has 0 atom stereocenters. The third-order valence-electron chi connectivity index (χ3n) is 5.03. The number of carbonyl (C=O) groups is 1. The van der Waals surface area contributed by atoms with Gasteiger partial charge in [-0.25, -0.2) is 18.7 Å². The molecule has 2 heterocycles. The number of carbonyl (C=O) groups excluding carboxylic acids is 1. The lowest BCUT2D eigenvalue weighted by molar-refractivity contribution is 0.127. The van der Waals surface area contributed by atoms with E-state index in [1.807, 2.05) is 6.07 Å². The maximum absolute atomic E-state index is 14.0. The standard InChI is InChI=1S/C23H19IN4O6S/c1-33-16-7-9-17(10-8-16)35(31,32)28(14-15-4-3-11-25-12-15)22-18-5-2-6-19(24)21(18)26-13-20(22)34-23(29)27-30/h2-13,30H,14H2,1H3,(H,27,29). The van der Waals surface area contributed by atoms with E-state index in [0.717, 1.165) is 7.88 Å². The zero-order chi connectivity index (χ0) is 25.0. The second-order valence-corrected chi connectivity index (χ2v) is 10.2. The second kappa shape index (κ2) is 10.4. The van der Waals surface area contributed by atoms with Crippen LogP contribution < -0.4 is 19.3 Å². The number of hydrogen-bond donors (Lipinski definition) is 2. The van der Waals surface area contributed by atoms with E-state index < -0.39 is 16.1 Å². The number of rotatable bonds is 7. The number of sulfonamides is 1. The highest BCUT2D eigenvalue weighted by Crippen LogP contribution is 2.40. The minimum atomic E-state index is -4.20. The lowest BCUT2D eigenvalue weighted by atomic mass is 10.1. The van der Waals surface area contributed by atoms with E-state index in [1.165, 1.54) is 30.9 Å². The summed E-state index contributed by atoms with van der Waals surface area (Å²) in [5, 5.41) is 9.44. The predicted molar refractivity (Wildman–Crippen MR) is 136 cm³/mol. The fourth-order valence-corrected chi connectivity index (χ4v) is 5.55. The van der Waals surface area contributed by atoms with Gasteiger partial charge in [0.15, 0.2) is 5.75 Å². The Bertz CT molecular complexity index is 1470. The molecule has 180 valence electrons. The normalized spacial score (nSPS) is 11.2. The number of anilines is 1. The number of hydroxylamine groups is 1. The average Bonchev–Trinajstić information content (AvgIpc) is 2.88. The predicted octanol–water partition coefficient (Wildman–Crippen LogP) is 4.12. The van der Waals surface area contributed by atoms with E-state index in [1.54, 1.807) is 48.8 Å². The van der Waals surface area contributed by atoms with E-state index >= 15 is 0 Å². The van der Waals surface area contributed by atoms with Crippen molar-refractivity contribution in [3.05, 3.63) is 82.3 Å². The molecule has 0 spiro atoms. The zero-order valence-electron chi connectivity index (χ0n) is 18.3. The Morgan fingerprint density at radius 2 is 1.89 bits per heavy atom. The van der Waals surface area contributed by atoms with Crippen LogP contribution in [0, 0.1) is 3.57 Å². The largest absolute Gasteiger partial charge is 0.497 e. The highest BCUT2D eigenvalue weighted by molar-refractivity contribution is 14.1. The number of amides is 1. The summed E-state index contributed by atoms with van der Waals surface area (Å²) in [6, 6.07) is 14.6. The first kappa shape index (κ1) is 24.6. The van der Waals surface area contributed by atoms with Gasteiger partial charge in [-0.1, -0.05) is 18.2 Å². The summed E-state index contributed by atoms with van der Waals surface area (Å²) < 4.78 is 40.3. The summed E-state index contributed by atoms with van der Waals surface area (Å²) in [5.41, 5.74) is 2.58. The van der Waals surface area contributed by atoms with E-state index in [9.17, 15) is 13.2 Å². The molecule has 0 saturated carbocycles. The molecule has 4 aromatic rings. The molecule has 0 aliphatic heterocycles. The van der Waals surface area contributed by atoms with E-state index in [0.29, 0.717) is 22.2 Å². The molecule has 0 bridgehead atoms. The SMILES string of the molecule is COc1ccc(S(=O)(=O)N(Cc2cccnc2)c2c(OC(=O)NO)cnc3c(I)cccc23)cc1. The number of para-hydroxylation sites is 1. The molecule has 4 rings (SSSR count). The first-order chi connectivity index (χ1) is 16.8. The monoisotopic (exact) mass is 606 g/mol. The van der Waals surface area contributed by atoms with E-state index in [-0.39, 0.29) is 22.9 Å². The van der Waals surface area contributed by atoms with Crippen LogP contribution in [-0.2, 0) is 16.6 Å². The Labute approximate surface area is 214 Å². The average molecular weight is 606 g/mol. The number of nitrogens with zero attached hydrogens (tertiary/aromatic N) is 3. The molecular formula is C23H19IN4O6S. The molecule has 0 fully saturated rings. The Hall–Kier alpha value is -3.49. The summed E-state index contributed by atoms with van der Waals surface area (Å²) in [5.74, 6) is 0.336. The van der Waals surface area contributed by atoms with Crippen LogP contribution in [0.25, 0.3) is 10.9 Å². The molecule has 1 amide bonds. The van der Waals surface area contributed by atoms with Crippen molar-refractivity contribution in [1.82, 2.24) is 15.4 Å². The third-order valence-corrected chi connectivity index (χ3v) is 7.66. The van der Waals surface area contributed by atoms with E-state index in [2.05, 4.69) is 32.6 Å². The Morgan fingerprint density at radius 3 is 2.54 bits per heavy atom. The Kier molecular flexibility index (Phi) is 7.33. The van der Waals surface area contributed by atoms with Gasteiger partial charge in [0.1, 0.15) is 11.4 Å². The fraction of sp³-hybridized carbons (Fsp3) is 0.0870. The smallest absolute Gasteiger partial charge is 0.436 e. The second-order valence-electron chi connectivity index (χ2n) is 7.16. The number of nitrogens with one attached hydrogen (secondary N) is 1. The Morgan fingerprint density at radius 1 is 1.11 bits per heavy atom. The number of halogens is 1. The van der Waals surface area contributed by atoms with Gasteiger partial charge in [-0.15, -0.1) is 0 Å². The van der Waals surface area contributed by atoms with Crippen LogP contribution in [0.4, 0.5) is 10.5 Å². The van der Waals surface area contributed by atoms with Gasteiger partial charge in [0, 0.05) is 21.4 Å². The minimum absolute atomic E-state index is 0.00431. The number of benzene rings is 2. The molecule has 2 aromatic heterocycles. The molecule has 0 aliphatic rings. The number of methoxy groups -OCH3 is 1. The molecule has 0 saturated heterocycles. The summed E-state index contributed by atoms with van der Waals surface area (Å²) in [7, 11) is -2.72. The van der Waals surface area contributed by atoms with Gasteiger partial charge in [0.2, 0.25) is 0 Å². The zero-order valence-corrected chi connectivity index (χ0v) is 21.2. The highest BCUT2D eigenvalue weighted by atomic mass is 127. The molecule has 12 heteroatoms. The molecule has 35 heavy (non-hydrogen) atoms. The molecule has 0 radical (unpaired) electrons. The molecular weight excluding hydrogens is 587 g/mol. The van der Waals surface area contributed by atoms with E-state index in [4.69, 9.17) is 14.7 Å². The van der Waals surface area contributed by atoms with Crippen LogP contribution in [0.1, 0.15) is 5.56 Å². The van der Waals surface area contributed by atoms with Gasteiger partial charge in [-0.3, -0.25) is 19.5 Å². The number of ether oxygens (including phenoxy) is 2. The topological polar surface area (TPSA) is 131 Å². The van der Waals surface area contributed by atoms with Crippen LogP contribution in [0.2, 0.25) is 0 Å². The lowest BCUT2D eigenvalue weighted by Gasteiger charge is -2.27. The fourth-order valence-electron chi connectivity index (χ4n) is 3.43. The van der Waals surface area contributed by atoms with Gasteiger partial charge in [0.05, 0.1) is 30.3 Å². The first-order valence-corrected chi connectivity index (χ1v) is 12.6. The molecule has 10 nitrogen and oxygen atoms in total. The maximum atomic E-state index is 14.0. The number of aromatic nitrogens is 2. The van der Waals surface area contributed by atoms with Gasteiger partial charge < -0.3 is 9.47 Å². The van der Waals surface area contributed by atoms with Crippen molar-refractivity contribution >= 4 is 55.3 Å². The Balaban J connectivity index is 1.99. The van der Waals surface area contributed by atoms with Gasteiger partial charge in [0.25, 0.3) is 10.0 Å². The summed E-state index contributed by atoms with van der Waals surface area (Å²) in [6.45, 7) is -0.121. The molecule has 2 N–H and O–H groups in total. The van der Waals surface area contributed by atoms with Crippen LogP contribution in [0.15, 0.2) is 78.1 Å². The highest BCUT2D eigenvalue weighted by Gasteiger charge is 2.31. The summed E-state index contributed by atoms with van der Waals surface area (Å²) >= 11 is 2.09. The molecule has 0 unspecified atom stereocenters. The third kappa shape index (κ3) is 5.13. The summed E-state index contributed by atoms with van der Waals surface area (Å²) in [6.07, 6.45) is 3.18. The maximum Gasteiger partial charge on any atom is 0.436 e. The van der Waals surface area contributed by atoms with Crippen LogP contribution in [0.3, 0.4) is 0 Å². The number of fused-ring (bicyclic) bond motifs is 1. The van der Waals surface area contributed by atoms with Crippen molar-refractivity contribution in [3.63, 3.8) is 0 Å². The lowest BCUT2D eigenvalue weighted by Crippen LogP contribution is -2.32. The van der Waals surface area contributed by atoms with Crippen molar-refractivity contribution in [2.75, 3.05) is 11.4 Å². The molecule has 2 aromatic carbocycles. The van der Waals surface area contributed by atoms with Gasteiger partial charge in [-0.05, 0) is 64.6 Å². The first-order valence-electron chi connectivity index (χ1n) is 10.1. The van der Waals surface area contributed by atoms with Crippen LogP contribution in [-0.4, -0.2) is 36.8 Å².